The Morgan fingerprint density at radius 2 is 1.57 bits per heavy atom. The first kappa shape index (κ1) is 14.3. The highest BCUT2D eigenvalue weighted by Crippen LogP contribution is 2.35. The average molecular weight is 361 g/mol. The summed E-state index contributed by atoms with van der Waals surface area (Å²) in [5, 5.41) is 1.26. The normalized spacial score (nSPS) is 16.4. The Hall–Kier alpha value is -1.65. The smallest absolute Gasteiger partial charge is 0.200 e. The van der Waals surface area contributed by atoms with Gasteiger partial charge in [0.25, 0.3) is 0 Å². The highest BCUT2D eigenvalue weighted by atomic mass is 79.9. The molecule has 3 rings (SSSR count). The largest absolute Gasteiger partial charge is 0.219 e. The maximum Gasteiger partial charge on any atom is 0.200 e. The third kappa shape index (κ3) is 2.87. The number of halogens is 1. The first-order chi connectivity index (χ1) is 10.1. The zero-order valence-electron chi connectivity index (χ0n) is 11.2. The van der Waals surface area contributed by atoms with Gasteiger partial charge in [0.05, 0.1) is 4.90 Å². The van der Waals surface area contributed by atoms with Crippen LogP contribution in [0, 0.1) is 0 Å². The van der Waals surface area contributed by atoms with Crippen molar-refractivity contribution in [2.75, 3.05) is 0 Å². The molecular weight excluding hydrogens is 348 g/mol. The predicted molar refractivity (Wildman–Crippen MR) is 88.8 cm³/mol. The number of hydrogen-bond acceptors (Lipinski definition) is 2. The minimum atomic E-state index is -3.39. The van der Waals surface area contributed by atoms with E-state index in [1.54, 1.807) is 18.2 Å². The summed E-state index contributed by atoms with van der Waals surface area (Å²) in [4.78, 5) is 0.363. The number of sulfone groups is 1. The monoisotopic (exact) mass is 360 g/mol. The molecule has 0 aliphatic carbocycles. The summed E-state index contributed by atoms with van der Waals surface area (Å²) in [5.41, 5.74) is 2.89. The Labute approximate surface area is 132 Å². The fraction of sp³-hybridized carbons (Fsp3) is 0.0588. The average Bonchev–Trinajstić information content (AvgIpc) is 2.59. The highest BCUT2D eigenvalue weighted by molar-refractivity contribution is 9.12. The first-order valence-electron chi connectivity index (χ1n) is 6.53. The van der Waals surface area contributed by atoms with E-state index in [-0.39, 0.29) is 0 Å². The van der Waals surface area contributed by atoms with Crippen LogP contribution < -0.4 is 0 Å². The first-order valence-corrected chi connectivity index (χ1v) is 8.87. The van der Waals surface area contributed by atoms with Crippen LogP contribution in [0.2, 0.25) is 0 Å². The van der Waals surface area contributed by atoms with Crippen molar-refractivity contribution in [3.63, 3.8) is 0 Å². The maximum absolute atomic E-state index is 12.3. The van der Waals surface area contributed by atoms with E-state index in [0.717, 1.165) is 21.2 Å². The second-order valence-electron chi connectivity index (χ2n) is 4.83. The SMILES string of the molecule is O=S1(=O)C=CC(Br)=C(Cc2ccccc2)c2ccccc21. The molecular formula is C17H13BrO2S. The van der Waals surface area contributed by atoms with Crippen molar-refractivity contribution in [3.8, 4) is 0 Å². The molecule has 1 aliphatic heterocycles. The van der Waals surface area contributed by atoms with Crippen molar-refractivity contribution in [2.45, 2.75) is 11.3 Å². The molecule has 4 heteroatoms. The lowest BCUT2D eigenvalue weighted by molar-refractivity contribution is 0.604. The molecule has 1 heterocycles. The Morgan fingerprint density at radius 3 is 2.33 bits per heavy atom. The van der Waals surface area contributed by atoms with Gasteiger partial charge < -0.3 is 0 Å². The van der Waals surface area contributed by atoms with Gasteiger partial charge in [-0.1, -0.05) is 64.5 Å². The van der Waals surface area contributed by atoms with Crippen LogP contribution in [-0.4, -0.2) is 8.42 Å². The van der Waals surface area contributed by atoms with Gasteiger partial charge in [-0.15, -0.1) is 0 Å². The third-order valence-electron chi connectivity index (χ3n) is 3.42. The maximum atomic E-state index is 12.3. The molecule has 2 aromatic rings. The van der Waals surface area contributed by atoms with Crippen LogP contribution in [0.4, 0.5) is 0 Å². The zero-order valence-corrected chi connectivity index (χ0v) is 13.6. The Bertz CT molecular complexity index is 834. The number of hydrogen-bond donors (Lipinski definition) is 0. The van der Waals surface area contributed by atoms with Gasteiger partial charge in [-0.25, -0.2) is 8.42 Å². The van der Waals surface area contributed by atoms with E-state index in [9.17, 15) is 8.42 Å². The van der Waals surface area contributed by atoms with Crippen molar-refractivity contribution >= 4 is 31.3 Å². The van der Waals surface area contributed by atoms with E-state index in [2.05, 4.69) is 15.9 Å². The minimum Gasteiger partial charge on any atom is -0.219 e. The summed E-state index contributed by atoms with van der Waals surface area (Å²) in [6, 6.07) is 17.2. The molecule has 0 radical (unpaired) electrons. The van der Waals surface area contributed by atoms with Crippen molar-refractivity contribution in [2.24, 2.45) is 0 Å². The predicted octanol–water partition coefficient (Wildman–Crippen LogP) is 4.34. The van der Waals surface area contributed by atoms with Crippen LogP contribution in [0.25, 0.3) is 5.57 Å². The van der Waals surface area contributed by atoms with Gasteiger partial charge in [0.15, 0.2) is 9.84 Å². The van der Waals surface area contributed by atoms with E-state index in [1.807, 2.05) is 42.5 Å². The number of allylic oxidation sites excluding steroid dienone is 3. The quantitative estimate of drug-likeness (QED) is 0.798. The molecule has 21 heavy (non-hydrogen) atoms. The van der Waals surface area contributed by atoms with Crippen LogP contribution >= 0.6 is 15.9 Å². The van der Waals surface area contributed by atoms with Gasteiger partial charge in [-0.3, -0.25) is 0 Å². The Morgan fingerprint density at radius 1 is 0.905 bits per heavy atom. The van der Waals surface area contributed by atoms with E-state index >= 15 is 0 Å². The standard InChI is InChI=1S/C17H13BrO2S/c18-16-10-11-21(19,20)17-9-5-4-8-14(17)15(16)12-13-6-2-1-3-7-13/h1-11H,12H2. The van der Waals surface area contributed by atoms with Crippen molar-refractivity contribution in [1.82, 2.24) is 0 Å². The van der Waals surface area contributed by atoms with Crippen LogP contribution in [0.5, 0.6) is 0 Å². The lowest BCUT2D eigenvalue weighted by atomic mass is 9.98. The molecule has 0 unspecified atom stereocenters. The molecule has 0 fully saturated rings. The number of fused-ring (bicyclic) bond motifs is 1. The van der Waals surface area contributed by atoms with Gasteiger partial charge in [-0.2, -0.15) is 0 Å². The molecule has 2 nitrogen and oxygen atoms in total. The molecule has 0 amide bonds. The second-order valence-corrected chi connectivity index (χ2v) is 7.49. The molecule has 0 saturated carbocycles. The van der Waals surface area contributed by atoms with Crippen molar-refractivity contribution < 1.29 is 8.42 Å². The number of rotatable bonds is 2. The van der Waals surface area contributed by atoms with Gasteiger partial charge in [0.1, 0.15) is 0 Å². The Balaban J connectivity index is 2.17. The molecule has 106 valence electrons. The molecule has 0 bridgehead atoms. The summed E-state index contributed by atoms with van der Waals surface area (Å²) < 4.78 is 25.4. The second kappa shape index (κ2) is 5.62. The Kier molecular flexibility index (Phi) is 3.83. The number of benzene rings is 2. The topological polar surface area (TPSA) is 34.1 Å². The van der Waals surface area contributed by atoms with Crippen LogP contribution in [0.15, 0.2) is 75.5 Å². The molecule has 1 aliphatic rings. The fourth-order valence-corrected chi connectivity index (χ4v) is 4.28. The fourth-order valence-electron chi connectivity index (χ4n) is 2.40. The minimum absolute atomic E-state index is 0.363. The summed E-state index contributed by atoms with van der Waals surface area (Å²) in [6.07, 6.45) is 2.30. The molecule has 0 aromatic heterocycles. The summed E-state index contributed by atoms with van der Waals surface area (Å²) >= 11 is 3.51. The van der Waals surface area contributed by atoms with Crippen LogP contribution in [-0.2, 0) is 16.3 Å². The van der Waals surface area contributed by atoms with Gasteiger partial charge in [0.2, 0.25) is 0 Å². The molecule has 0 spiro atoms. The highest BCUT2D eigenvalue weighted by Gasteiger charge is 2.22. The van der Waals surface area contributed by atoms with Gasteiger partial charge in [-0.05, 0) is 35.3 Å². The summed E-state index contributed by atoms with van der Waals surface area (Å²) in [6.45, 7) is 0. The van der Waals surface area contributed by atoms with Crippen LogP contribution in [0.1, 0.15) is 11.1 Å². The van der Waals surface area contributed by atoms with E-state index in [0.29, 0.717) is 11.3 Å². The van der Waals surface area contributed by atoms with Crippen molar-refractivity contribution in [3.05, 3.63) is 81.7 Å². The molecule has 2 aromatic carbocycles. The lowest BCUT2D eigenvalue weighted by Crippen LogP contribution is -2.01. The molecule has 0 N–H and O–H groups in total. The van der Waals surface area contributed by atoms with Crippen LogP contribution in [0.3, 0.4) is 0 Å². The van der Waals surface area contributed by atoms with E-state index < -0.39 is 9.84 Å². The summed E-state index contributed by atoms with van der Waals surface area (Å²) in [7, 11) is -3.39. The van der Waals surface area contributed by atoms with Crippen molar-refractivity contribution in [1.29, 1.82) is 0 Å². The molecule has 0 saturated heterocycles. The van der Waals surface area contributed by atoms with Gasteiger partial charge >= 0.3 is 0 Å². The summed E-state index contributed by atoms with van der Waals surface area (Å²) in [5.74, 6) is 0. The van der Waals surface area contributed by atoms with E-state index in [1.165, 1.54) is 5.41 Å². The third-order valence-corrected chi connectivity index (χ3v) is 5.63. The van der Waals surface area contributed by atoms with E-state index in [4.69, 9.17) is 0 Å². The zero-order chi connectivity index (χ0) is 14.9. The van der Waals surface area contributed by atoms with Gasteiger partial charge in [0, 0.05) is 9.89 Å². The lowest BCUT2D eigenvalue weighted by Gasteiger charge is -2.12. The molecule has 0 atom stereocenters.